The summed E-state index contributed by atoms with van der Waals surface area (Å²) in [4.78, 5) is 18.3. The van der Waals surface area contributed by atoms with Crippen LogP contribution in [0.1, 0.15) is 28.5 Å². The van der Waals surface area contributed by atoms with E-state index in [1.54, 1.807) is 17.1 Å². The van der Waals surface area contributed by atoms with Crippen LogP contribution in [0.3, 0.4) is 0 Å². The summed E-state index contributed by atoms with van der Waals surface area (Å²) in [5, 5.41) is 17.1. The van der Waals surface area contributed by atoms with E-state index in [0.717, 1.165) is 12.2 Å². The van der Waals surface area contributed by atoms with Gasteiger partial charge < -0.3 is 15.5 Å². The number of anilines is 2. The van der Waals surface area contributed by atoms with E-state index in [0.29, 0.717) is 25.2 Å². The van der Waals surface area contributed by atoms with Gasteiger partial charge in [-0.15, -0.1) is 0 Å². The molecule has 2 aromatic heterocycles. The van der Waals surface area contributed by atoms with Crippen LogP contribution in [-0.4, -0.2) is 38.7 Å². The molecule has 9 nitrogen and oxygen atoms in total. The maximum absolute atomic E-state index is 13.2. The number of halogens is 1. The first kappa shape index (κ1) is 19.6. The van der Waals surface area contributed by atoms with E-state index in [1.165, 1.54) is 30.7 Å². The summed E-state index contributed by atoms with van der Waals surface area (Å²) in [5.41, 5.74) is 7.11. The monoisotopic (exact) mass is 409 g/mol. The van der Waals surface area contributed by atoms with Gasteiger partial charge in [0.2, 0.25) is 0 Å². The quantitative estimate of drug-likeness (QED) is 0.640. The van der Waals surface area contributed by atoms with Crippen molar-refractivity contribution in [1.29, 1.82) is 5.26 Å². The highest BCUT2D eigenvalue weighted by Gasteiger charge is 2.32. The van der Waals surface area contributed by atoms with E-state index in [9.17, 15) is 14.4 Å². The Hall–Kier alpha value is -3.71. The summed E-state index contributed by atoms with van der Waals surface area (Å²) in [5.74, 6) is -1.01. The van der Waals surface area contributed by atoms with Crippen molar-refractivity contribution in [1.82, 2.24) is 19.7 Å². The van der Waals surface area contributed by atoms with Crippen molar-refractivity contribution in [3.8, 4) is 6.07 Å². The number of rotatable bonds is 6. The van der Waals surface area contributed by atoms with Crippen LogP contribution in [0.2, 0.25) is 0 Å². The summed E-state index contributed by atoms with van der Waals surface area (Å²) in [6, 6.07) is 7.76. The predicted molar refractivity (Wildman–Crippen MR) is 105 cm³/mol. The third kappa shape index (κ3) is 4.16. The van der Waals surface area contributed by atoms with Gasteiger partial charge in [0.15, 0.2) is 12.2 Å². The lowest BCUT2D eigenvalue weighted by Crippen LogP contribution is -2.41. The molecule has 3 heterocycles. The van der Waals surface area contributed by atoms with Crippen molar-refractivity contribution in [2.24, 2.45) is 11.7 Å². The Kier molecular flexibility index (Phi) is 5.45. The summed E-state index contributed by atoms with van der Waals surface area (Å²) in [6.45, 7) is 1.89. The van der Waals surface area contributed by atoms with Crippen molar-refractivity contribution >= 4 is 17.4 Å². The van der Waals surface area contributed by atoms with Crippen LogP contribution in [0, 0.1) is 23.1 Å². The van der Waals surface area contributed by atoms with Gasteiger partial charge in [-0.1, -0.05) is 0 Å². The lowest BCUT2D eigenvalue weighted by molar-refractivity contribution is 0.1000. The molecular weight excluding hydrogens is 389 g/mol. The highest BCUT2D eigenvalue weighted by Crippen LogP contribution is 2.30. The van der Waals surface area contributed by atoms with E-state index in [2.05, 4.69) is 26.4 Å². The molecule has 4 rings (SSSR count). The number of likely N-dealkylation sites (tertiary alicyclic amines) is 1. The molecule has 0 aliphatic carbocycles. The smallest absolute Gasteiger partial charge is 0.254 e. The molecule has 1 fully saturated rings. The largest absolute Gasteiger partial charge is 0.451 e. The fourth-order valence-corrected chi connectivity index (χ4v) is 3.61. The Morgan fingerprint density at radius 1 is 1.40 bits per heavy atom. The number of carbonyl (C=O) groups excluding carboxylic acids is 1. The zero-order valence-electron chi connectivity index (χ0n) is 16.0. The molecule has 1 aromatic carbocycles. The summed E-state index contributed by atoms with van der Waals surface area (Å²) < 4.78 is 19.8. The van der Waals surface area contributed by atoms with Crippen LogP contribution in [0.4, 0.5) is 15.9 Å². The Labute approximate surface area is 171 Å². The number of nitriles is 1. The van der Waals surface area contributed by atoms with Gasteiger partial charge in [-0.25, -0.2) is 9.37 Å². The minimum atomic E-state index is -0.644. The van der Waals surface area contributed by atoms with Crippen LogP contribution < -0.4 is 11.1 Å². The second kappa shape index (κ2) is 8.34. The van der Waals surface area contributed by atoms with Gasteiger partial charge in [0.25, 0.3) is 5.91 Å². The fraction of sp³-hybridized carbons (Fsp3) is 0.300. The van der Waals surface area contributed by atoms with Gasteiger partial charge in [0, 0.05) is 25.0 Å². The molecule has 1 saturated heterocycles. The summed E-state index contributed by atoms with van der Waals surface area (Å²) in [6.07, 6.45) is 5.19. The van der Waals surface area contributed by atoms with Gasteiger partial charge in [0.05, 0.1) is 23.7 Å². The number of piperidine rings is 1. The molecule has 1 aliphatic rings. The second-order valence-corrected chi connectivity index (χ2v) is 7.17. The molecule has 0 saturated carbocycles. The molecule has 0 unspecified atom stereocenters. The van der Waals surface area contributed by atoms with E-state index in [-0.39, 0.29) is 29.2 Å². The molecule has 154 valence electrons. The molecule has 10 heteroatoms. The SMILES string of the molecule is N#C[C@H]1CCN(Cc2cocn2)C[C@@H]1n1cc(C(N)=O)c(Nc2ccc(F)cc2)n1. The number of nitrogens with two attached hydrogens (primary N) is 1. The summed E-state index contributed by atoms with van der Waals surface area (Å²) >= 11 is 0. The predicted octanol–water partition coefficient (Wildman–Crippen LogP) is 2.44. The minimum Gasteiger partial charge on any atom is -0.451 e. The summed E-state index contributed by atoms with van der Waals surface area (Å²) in [7, 11) is 0. The minimum absolute atomic E-state index is 0.199. The number of benzene rings is 1. The Morgan fingerprint density at radius 2 is 2.20 bits per heavy atom. The number of oxazole rings is 1. The normalized spacial score (nSPS) is 19.3. The van der Waals surface area contributed by atoms with Crippen molar-refractivity contribution in [3.63, 3.8) is 0 Å². The number of hydrogen-bond donors (Lipinski definition) is 2. The number of aromatic nitrogens is 3. The zero-order valence-corrected chi connectivity index (χ0v) is 16.0. The van der Waals surface area contributed by atoms with Crippen LogP contribution in [0.5, 0.6) is 0 Å². The van der Waals surface area contributed by atoms with E-state index >= 15 is 0 Å². The third-order valence-electron chi connectivity index (χ3n) is 5.15. The lowest BCUT2D eigenvalue weighted by Gasteiger charge is -2.35. The average Bonchev–Trinajstić information content (AvgIpc) is 3.40. The lowest BCUT2D eigenvalue weighted by atomic mass is 9.93. The van der Waals surface area contributed by atoms with Crippen LogP contribution in [0.15, 0.2) is 47.5 Å². The van der Waals surface area contributed by atoms with Gasteiger partial charge in [0.1, 0.15) is 17.6 Å². The van der Waals surface area contributed by atoms with Crippen LogP contribution in [-0.2, 0) is 6.54 Å². The Balaban J connectivity index is 1.59. The number of primary amides is 1. The number of nitrogens with one attached hydrogen (secondary N) is 1. The zero-order chi connectivity index (χ0) is 21.1. The maximum Gasteiger partial charge on any atom is 0.254 e. The molecule has 3 aromatic rings. The van der Waals surface area contributed by atoms with Gasteiger partial charge in [-0.2, -0.15) is 10.4 Å². The van der Waals surface area contributed by atoms with Crippen LogP contribution >= 0.6 is 0 Å². The number of amides is 1. The Bertz CT molecular complexity index is 1060. The van der Waals surface area contributed by atoms with Crippen molar-refractivity contribution < 1.29 is 13.6 Å². The number of carbonyl (C=O) groups is 1. The van der Waals surface area contributed by atoms with E-state index in [1.807, 2.05) is 0 Å². The average molecular weight is 409 g/mol. The van der Waals surface area contributed by atoms with Crippen molar-refractivity contribution in [2.75, 3.05) is 18.4 Å². The molecule has 2 atom stereocenters. The van der Waals surface area contributed by atoms with Gasteiger partial charge in [-0.3, -0.25) is 14.4 Å². The van der Waals surface area contributed by atoms with E-state index in [4.69, 9.17) is 10.2 Å². The molecular formula is C20H20FN7O2. The molecule has 30 heavy (non-hydrogen) atoms. The fourth-order valence-electron chi connectivity index (χ4n) is 3.61. The van der Waals surface area contributed by atoms with Crippen LogP contribution in [0.25, 0.3) is 0 Å². The first-order chi connectivity index (χ1) is 14.5. The molecule has 0 spiro atoms. The molecule has 3 N–H and O–H groups in total. The molecule has 1 amide bonds. The first-order valence-electron chi connectivity index (χ1n) is 9.44. The number of nitrogens with zero attached hydrogens (tertiary/aromatic N) is 5. The molecule has 0 bridgehead atoms. The maximum atomic E-state index is 13.2. The van der Waals surface area contributed by atoms with Crippen molar-refractivity contribution in [2.45, 2.75) is 19.0 Å². The van der Waals surface area contributed by atoms with Gasteiger partial charge >= 0.3 is 0 Å². The Morgan fingerprint density at radius 3 is 2.87 bits per heavy atom. The van der Waals surface area contributed by atoms with E-state index < -0.39 is 5.91 Å². The topological polar surface area (TPSA) is 126 Å². The standard InChI is InChI=1S/C20H20FN7O2/c21-14-1-3-15(4-2-14)25-20-17(19(23)29)9-28(26-20)18-10-27(6-5-13(18)7-22)8-16-11-30-12-24-16/h1-4,9,11-13,18H,5-6,8,10H2,(H2,23,29)(H,25,26)/t13-,18+/m1/s1. The first-order valence-corrected chi connectivity index (χ1v) is 9.44. The molecule has 0 radical (unpaired) electrons. The third-order valence-corrected chi connectivity index (χ3v) is 5.15. The highest BCUT2D eigenvalue weighted by molar-refractivity contribution is 5.98. The second-order valence-electron chi connectivity index (χ2n) is 7.17. The number of hydrogen-bond acceptors (Lipinski definition) is 7. The highest BCUT2D eigenvalue weighted by atomic mass is 19.1. The molecule has 1 aliphatic heterocycles. The van der Waals surface area contributed by atoms with Crippen molar-refractivity contribution in [3.05, 3.63) is 60.2 Å². The van der Waals surface area contributed by atoms with Gasteiger partial charge in [-0.05, 0) is 37.2 Å².